The number of hydrogen-bond acceptors (Lipinski definition) is 2. The quantitative estimate of drug-likeness (QED) is 0.555. The van der Waals surface area contributed by atoms with E-state index in [4.69, 9.17) is 4.74 Å². The van der Waals surface area contributed by atoms with Crippen LogP contribution in [0.4, 0.5) is 0 Å². The van der Waals surface area contributed by atoms with Gasteiger partial charge in [0.05, 0.1) is 13.2 Å². The molecule has 3 aromatic carbocycles. The summed E-state index contributed by atoms with van der Waals surface area (Å²) in [6.45, 7) is 3.54. The van der Waals surface area contributed by atoms with E-state index in [1.165, 1.54) is 22.3 Å². The van der Waals surface area contributed by atoms with Crippen LogP contribution in [0.1, 0.15) is 35.1 Å². The molecule has 2 heteroatoms. The van der Waals surface area contributed by atoms with Crippen LogP contribution < -0.4 is 5.32 Å². The van der Waals surface area contributed by atoms with Gasteiger partial charge in [0.25, 0.3) is 0 Å². The van der Waals surface area contributed by atoms with Crippen molar-refractivity contribution >= 4 is 0 Å². The van der Waals surface area contributed by atoms with Crippen LogP contribution in [0.25, 0.3) is 0 Å². The summed E-state index contributed by atoms with van der Waals surface area (Å²) in [5.74, 6) is 0. The molecule has 3 aromatic rings. The van der Waals surface area contributed by atoms with Crippen molar-refractivity contribution in [1.82, 2.24) is 5.32 Å². The molecule has 1 aliphatic rings. The van der Waals surface area contributed by atoms with Crippen molar-refractivity contribution in [1.29, 1.82) is 0 Å². The van der Waals surface area contributed by atoms with Gasteiger partial charge in [0.1, 0.15) is 0 Å². The standard InChI is InChI=1S/C26H29NO/c1-3-10-22(11-4-1)16-19-27-18-9-17-26(24-13-5-2-6-14-24)21-28-20-23-12-7-8-15-25(23)26/h1-8,10-15,27H,9,16-21H2. The van der Waals surface area contributed by atoms with Crippen molar-refractivity contribution in [2.75, 3.05) is 19.7 Å². The summed E-state index contributed by atoms with van der Waals surface area (Å²) < 4.78 is 6.08. The minimum absolute atomic E-state index is 0.0444. The van der Waals surface area contributed by atoms with Gasteiger partial charge in [-0.2, -0.15) is 0 Å². The Morgan fingerprint density at radius 2 is 1.50 bits per heavy atom. The lowest BCUT2D eigenvalue weighted by Crippen LogP contribution is -2.38. The molecule has 1 atom stereocenters. The van der Waals surface area contributed by atoms with Gasteiger partial charge in [0, 0.05) is 5.41 Å². The van der Waals surface area contributed by atoms with E-state index >= 15 is 0 Å². The number of nitrogens with one attached hydrogen (secondary N) is 1. The molecule has 1 unspecified atom stereocenters. The Balaban J connectivity index is 1.42. The molecule has 2 nitrogen and oxygen atoms in total. The summed E-state index contributed by atoms with van der Waals surface area (Å²) in [6, 6.07) is 30.4. The Morgan fingerprint density at radius 3 is 2.32 bits per heavy atom. The maximum Gasteiger partial charge on any atom is 0.0720 e. The van der Waals surface area contributed by atoms with Gasteiger partial charge in [0.15, 0.2) is 0 Å². The van der Waals surface area contributed by atoms with Crippen molar-refractivity contribution in [3.8, 4) is 0 Å². The number of rotatable bonds is 8. The molecule has 0 aliphatic carbocycles. The summed E-state index contributed by atoms with van der Waals surface area (Å²) in [5.41, 5.74) is 5.49. The Labute approximate surface area is 168 Å². The van der Waals surface area contributed by atoms with E-state index in [1.807, 2.05) is 0 Å². The van der Waals surface area contributed by atoms with Gasteiger partial charge in [-0.15, -0.1) is 0 Å². The molecule has 1 heterocycles. The molecule has 28 heavy (non-hydrogen) atoms. The minimum atomic E-state index is -0.0444. The first-order chi connectivity index (χ1) is 13.9. The average molecular weight is 372 g/mol. The monoisotopic (exact) mass is 371 g/mol. The van der Waals surface area contributed by atoms with Gasteiger partial charge >= 0.3 is 0 Å². The second kappa shape index (κ2) is 9.18. The highest BCUT2D eigenvalue weighted by Gasteiger charge is 2.38. The molecule has 0 radical (unpaired) electrons. The Hall–Kier alpha value is -2.42. The van der Waals surface area contributed by atoms with Gasteiger partial charge in [-0.1, -0.05) is 84.9 Å². The van der Waals surface area contributed by atoms with Crippen molar-refractivity contribution in [3.05, 3.63) is 107 Å². The lowest BCUT2D eigenvalue weighted by atomic mass is 9.69. The average Bonchev–Trinajstić information content (AvgIpc) is 2.77. The zero-order valence-corrected chi connectivity index (χ0v) is 16.4. The van der Waals surface area contributed by atoms with Gasteiger partial charge in [0.2, 0.25) is 0 Å². The predicted molar refractivity (Wildman–Crippen MR) is 116 cm³/mol. The summed E-state index contributed by atoms with van der Waals surface area (Å²) in [7, 11) is 0. The molecule has 0 bridgehead atoms. The molecule has 1 aliphatic heterocycles. The van der Waals surface area contributed by atoms with Crippen LogP contribution in [-0.4, -0.2) is 19.7 Å². The lowest BCUT2D eigenvalue weighted by molar-refractivity contribution is 0.0613. The molecule has 0 spiro atoms. The molecule has 0 aromatic heterocycles. The van der Waals surface area contributed by atoms with Crippen LogP contribution in [0.15, 0.2) is 84.9 Å². The predicted octanol–water partition coefficient (Wildman–Crippen LogP) is 5.12. The lowest BCUT2D eigenvalue weighted by Gasteiger charge is -2.40. The van der Waals surface area contributed by atoms with Crippen LogP contribution in [-0.2, 0) is 23.2 Å². The molecule has 0 fully saturated rings. The SMILES string of the molecule is c1ccc(CCNCCCC2(c3ccccc3)COCc3ccccc32)cc1. The zero-order chi connectivity index (χ0) is 19.1. The number of benzene rings is 3. The molecule has 0 saturated heterocycles. The van der Waals surface area contributed by atoms with E-state index in [-0.39, 0.29) is 5.41 Å². The van der Waals surface area contributed by atoms with Crippen LogP contribution in [0.2, 0.25) is 0 Å². The maximum absolute atomic E-state index is 6.08. The summed E-state index contributed by atoms with van der Waals surface area (Å²) in [4.78, 5) is 0. The Kier molecular flexibility index (Phi) is 6.20. The first kappa shape index (κ1) is 18.9. The Bertz CT molecular complexity index is 862. The van der Waals surface area contributed by atoms with Crippen molar-refractivity contribution in [2.45, 2.75) is 31.3 Å². The van der Waals surface area contributed by atoms with E-state index in [9.17, 15) is 0 Å². The molecular weight excluding hydrogens is 342 g/mol. The van der Waals surface area contributed by atoms with E-state index in [0.29, 0.717) is 0 Å². The van der Waals surface area contributed by atoms with E-state index in [1.54, 1.807) is 0 Å². The van der Waals surface area contributed by atoms with Crippen LogP contribution >= 0.6 is 0 Å². The smallest absolute Gasteiger partial charge is 0.0720 e. The second-order valence-electron chi connectivity index (χ2n) is 7.69. The second-order valence-corrected chi connectivity index (χ2v) is 7.69. The summed E-state index contributed by atoms with van der Waals surface area (Å²) in [6.07, 6.45) is 3.30. The van der Waals surface area contributed by atoms with E-state index < -0.39 is 0 Å². The number of fused-ring (bicyclic) bond motifs is 1. The topological polar surface area (TPSA) is 21.3 Å². The summed E-state index contributed by atoms with van der Waals surface area (Å²) >= 11 is 0. The molecule has 0 saturated carbocycles. The fourth-order valence-corrected chi connectivity index (χ4v) is 4.39. The van der Waals surface area contributed by atoms with Crippen molar-refractivity contribution in [3.63, 3.8) is 0 Å². The van der Waals surface area contributed by atoms with E-state index in [2.05, 4.69) is 90.2 Å². The zero-order valence-electron chi connectivity index (χ0n) is 16.4. The van der Waals surface area contributed by atoms with Gasteiger partial charge in [-0.05, 0) is 54.6 Å². The van der Waals surface area contributed by atoms with Crippen LogP contribution in [0.3, 0.4) is 0 Å². The van der Waals surface area contributed by atoms with Gasteiger partial charge in [-0.25, -0.2) is 0 Å². The van der Waals surface area contributed by atoms with Crippen LogP contribution in [0, 0.1) is 0 Å². The van der Waals surface area contributed by atoms with Crippen molar-refractivity contribution in [2.24, 2.45) is 0 Å². The minimum Gasteiger partial charge on any atom is -0.375 e. The highest BCUT2D eigenvalue weighted by atomic mass is 16.5. The van der Waals surface area contributed by atoms with Gasteiger partial charge < -0.3 is 10.1 Å². The molecule has 144 valence electrons. The Morgan fingerprint density at radius 1 is 0.786 bits per heavy atom. The molecule has 0 amide bonds. The maximum atomic E-state index is 6.08. The molecule has 1 N–H and O–H groups in total. The molecule has 4 rings (SSSR count). The third-order valence-electron chi connectivity index (χ3n) is 5.86. The van der Waals surface area contributed by atoms with Crippen LogP contribution in [0.5, 0.6) is 0 Å². The number of ether oxygens (including phenoxy) is 1. The third kappa shape index (κ3) is 4.19. The van der Waals surface area contributed by atoms with Crippen molar-refractivity contribution < 1.29 is 4.74 Å². The molecular formula is C26H29NO. The fourth-order valence-electron chi connectivity index (χ4n) is 4.39. The first-order valence-electron chi connectivity index (χ1n) is 10.3. The highest BCUT2D eigenvalue weighted by molar-refractivity contribution is 5.45. The first-order valence-corrected chi connectivity index (χ1v) is 10.3. The summed E-state index contributed by atoms with van der Waals surface area (Å²) in [5, 5.41) is 3.63. The third-order valence-corrected chi connectivity index (χ3v) is 5.86. The largest absolute Gasteiger partial charge is 0.375 e. The number of hydrogen-bond donors (Lipinski definition) is 1. The fraction of sp³-hybridized carbons (Fsp3) is 0.308. The highest BCUT2D eigenvalue weighted by Crippen LogP contribution is 2.41. The normalized spacial score (nSPS) is 18.6. The van der Waals surface area contributed by atoms with E-state index in [0.717, 1.165) is 45.6 Å². The van der Waals surface area contributed by atoms with Gasteiger partial charge in [-0.3, -0.25) is 0 Å².